The number of ether oxygens (including phenoxy) is 4. The van der Waals surface area contributed by atoms with E-state index in [1.165, 1.54) is 5.56 Å². The van der Waals surface area contributed by atoms with Crippen LogP contribution in [-0.4, -0.2) is 69.3 Å². The summed E-state index contributed by atoms with van der Waals surface area (Å²) >= 11 is 3.29. The smallest absolute Gasteiger partial charge is 0.497 e. The van der Waals surface area contributed by atoms with E-state index in [0.717, 1.165) is 55.1 Å². The lowest BCUT2D eigenvalue weighted by Crippen LogP contribution is -2.42. The number of hydrogen-bond acceptors (Lipinski definition) is 12. The minimum Gasteiger partial charge on any atom is -0.497 e. The first-order valence-corrected chi connectivity index (χ1v) is 22.1. The van der Waals surface area contributed by atoms with Crippen molar-refractivity contribution >= 4 is 57.6 Å². The van der Waals surface area contributed by atoms with E-state index in [1.54, 1.807) is 91.4 Å². The Balaban J connectivity index is 0.000000260. The van der Waals surface area contributed by atoms with Crippen LogP contribution in [0.1, 0.15) is 75.9 Å². The van der Waals surface area contributed by atoms with E-state index in [1.807, 2.05) is 91.3 Å². The van der Waals surface area contributed by atoms with Gasteiger partial charge < -0.3 is 24.1 Å². The van der Waals surface area contributed by atoms with Crippen molar-refractivity contribution in [2.75, 3.05) is 25.7 Å². The zero-order chi connectivity index (χ0) is 44.0. The number of hydroxylamine groups is 2. The minimum atomic E-state index is -0.995. The van der Waals surface area contributed by atoms with Crippen molar-refractivity contribution in [3.05, 3.63) is 144 Å². The molecule has 322 valence electrons. The summed E-state index contributed by atoms with van der Waals surface area (Å²) in [5.74, 6) is 4.00. The van der Waals surface area contributed by atoms with Crippen molar-refractivity contribution in [1.82, 2.24) is 15.0 Å². The summed E-state index contributed by atoms with van der Waals surface area (Å²) in [5, 5.41) is 13.4. The molecule has 1 amide bonds. The van der Waals surface area contributed by atoms with Crippen molar-refractivity contribution in [3.63, 3.8) is 0 Å². The second-order valence-electron chi connectivity index (χ2n) is 16.0. The fourth-order valence-corrected chi connectivity index (χ4v) is 7.89. The lowest BCUT2D eigenvalue weighted by Gasteiger charge is -2.32. The normalized spacial score (nSPS) is 12.4. The van der Waals surface area contributed by atoms with Crippen LogP contribution in [0.4, 0.5) is 9.59 Å². The van der Waals surface area contributed by atoms with Crippen molar-refractivity contribution in [2.45, 2.75) is 76.4 Å². The number of amides is 1. The van der Waals surface area contributed by atoms with Crippen LogP contribution in [0.2, 0.25) is 0 Å². The van der Waals surface area contributed by atoms with Gasteiger partial charge in [-0.25, -0.2) is 9.59 Å². The number of thioether (sulfide) groups is 2. The molecule has 0 saturated heterocycles. The Labute approximate surface area is 367 Å². The first-order chi connectivity index (χ1) is 29.1. The number of fused-ring (bicyclic) bond motifs is 2. The summed E-state index contributed by atoms with van der Waals surface area (Å²) in [7, 11) is 3.22. The first kappa shape index (κ1) is 46.6. The molecule has 0 bridgehead atoms. The van der Waals surface area contributed by atoms with Gasteiger partial charge in [0.2, 0.25) is 0 Å². The number of aliphatic hydroxyl groups is 1. The van der Waals surface area contributed by atoms with Gasteiger partial charge in [0.25, 0.3) is 0 Å². The highest BCUT2D eigenvalue weighted by Crippen LogP contribution is 2.31. The van der Waals surface area contributed by atoms with E-state index in [4.69, 9.17) is 23.8 Å². The highest BCUT2D eigenvalue weighted by atomic mass is 32.2. The van der Waals surface area contributed by atoms with Crippen molar-refractivity contribution in [2.24, 2.45) is 0 Å². The van der Waals surface area contributed by atoms with Crippen LogP contribution in [-0.2, 0) is 25.8 Å². The maximum Gasteiger partial charge on any atom is 0.534 e. The summed E-state index contributed by atoms with van der Waals surface area (Å²) in [6.45, 7) is 10.4. The molecule has 0 aliphatic heterocycles. The lowest BCUT2D eigenvalue weighted by molar-refractivity contribution is -0.153. The molecule has 0 saturated carbocycles. The average molecular weight is 866 g/mol. The Morgan fingerprint density at radius 3 is 1.57 bits per heavy atom. The van der Waals surface area contributed by atoms with Gasteiger partial charge in [-0.1, -0.05) is 60.7 Å². The zero-order valence-electron chi connectivity index (χ0n) is 36.0. The summed E-state index contributed by atoms with van der Waals surface area (Å²) in [6.07, 6.45) is 1.50. The number of methoxy groups -OCH3 is 2. The van der Waals surface area contributed by atoms with E-state index >= 15 is 0 Å². The minimum absolute atomic E-state index is 0.404. The molecular formula is C48H55N3O8S2. The maximum atomic E-state index is 13.3. The van der Waals surface area contributed by atoms with E-state index < -0.39 is 35.6 Å². The van der Waals surface area contributed by atoms with Crippen LogP contribution in [0.5, 0.6) is 11.5 Å². The third-order valence-corrected chi connectivity index (χ3v) is 11.0. The highest BCUT2D eigenvalue weighted by molar-refractivity contribution is 7.98. The summed E-state index contributed by atoms with van der Waals surface area (Å²) in [4.78, 5) is 40.5. The van der Waals surface area contributed by atoms with Crippen LogP contribution >= 0.6 is 23.5 Å². The molecule has 0 radical (unpaired) electrons. The zero-order valence-corrected chi connectivity index (χ0v) is 37.6. The Morgan fingerprint density at radius 1 is 0.639 bits per heavy atom. The topological polar surface area (TPSA) is 130 Å². The first-order valence-electron chi connectivity index (χ1n) is 19.8. The van der Waals surface area contributed by atoms with E-state index in [-0.39, 0.29) is 0 Å². The Bertz CT molecular complexity index is 2330. The molecule has 2 aromatic heterocycles. The van der Waals surface area contributed by atoms with Gasteiger partial charge in [0, 0.05) is 46.2 Å². The molecule has 6 aromatic rings. The van der Waals surface area contributed by atoms with Gasteiger partial charge in [-0.2, -0.15) is 23.5 Å². The Kier molecular flexibility index (Phi) is 16.7. The number of nitrogens with zero attached hydrogens (tertiary/aromatic N) is 3. The molecule has 4 aromatic carbocycles. The van der Waals surface area contributed by atoms with Crippen LogP contribution < -0.4 is 9.47 Å². The van der Waals surface area contributed by atoms with Crippen molar-refractivity contribution < 1.29 is 38.5 Å². The molecule has 2 heterocycles. The van der Waals surface area contributed by atoms with Crippen LogP contribution in [0.15, 0.2) is 122 Å². The SMILES string of the molecule is COc1ccc([C@@H](CSCc2cnc3ccccc3c2)N(OC(=O)OC(C)(C)C)C(=O)OC(C)(C)C)cc1.COc1ccc([C@H](O)CSCc2cnc3ccccc3c2)cc1. The fraction of sp³-hybridized carbons (Fsp3) is 0.333. The molecule has 61 heavy (non-hydrogen) atoms. The number of aromatic nitrogens is 2. The molecule has 0 unspecified atom stereocenters. The third-order valence-electron chi connectivity index (χ3n) is 8.80. The molecule has 0 aliphatic carbocycles. The Morgan fingerprint density at radius 2 is 1.10 bits per heavy atom. The summed E-state index contributed by atoms with van der Waals surface area (Å²) in [5.41, 5.74) is 4.21. The number of rotatable bonds is 13. The molecule has 2 atom stereocenters. The maximum absolute atomic E-state index is 13.3. The second kappa shape index (κ2) is 21.8. The summed E-state index contributed by atoms with van der Waals surface area (Å²) in [6, 6.07) is 34.4. The molecule has 11 nitrogen and oxygen atoms in total. The van der Waals surface area contributed by atoms with Crippen LogP contribution in [0.25, 0.3) is 21.8 Å². The van der Waals surface area contributed by atoms with E-state index in [0.29, 0.717) is 23.0 Å². The van der Waals surface area contributed by atoms with Crippen LogP contribution in [0, 0.1) is 0 Å². The third kappa shape index (κ3) is 14.9. The number of para-hydroxylation sites is 2. The Hall–Kier alpha value is -5.50. The van der Waals surface area contributed by atoms with E-state index in [9.17, 15) is 14.7 Å². The van der Waals surface area contributed by atoms with Gasteiger partial charge in [0.05, 0.1) is 31.4 Å². The molecule has 13 heteroatoms. The largest absolute Gasteiger partial charge is 0.534 e. The molecule has 0 spiro atoms. The molecular weight excluding hydrogens is 811 g/mol. The summed E-state index contributed by atoms with van der Waals surface area (Å²) < 4.78 is 21.4. The molecule has 0 fully saturated rings. The van der Waals surface area contributed by atoms with Gasteiger partial charge in [-0.05, 0) is 112 Å². The number of benzene rings is 4. The van der Waals surface area contributed by atoms with Gasteiger partial charge in [0.1, 0.15) is 28.7 Å². The van der Waals surface area contributed by atoms with Gasteiger partial charge in [-0.15, -0.1) is 5.06 Å². The predicted octanol–water partition coefficient (Wildman–Crippen LogP) is 11.5. The lowest BCUT2D eigenvalue weighted by atomic mass is 10.1. The molecule has 6 rings (SSSR count). The quantitative estimate of drug-likeness (QED) is 0.0876. The van der Waals surface area contributed by atoms with Crippen molar-refractivity contribution in [1.29, 1.82) is 0 Å². The number of aliphatic hydroxyl groups excluding tert-OH is 1. The highest BCUT2D eigenvalue weighted by Gasteiger charge is 2.35. The number of hydrogen-bond donors (Lipinski definition) is 1. The standard InChI is InChI=1S/C29H36N2O6S.C19H19NO2S/c1-28(2,3)35-26(32)31(37-27(33)36-29(4,5)6)25(21-12-14-23(34-7)15-13-21)19-38-18-20-16-22-10-8-9-11-24(22)30-17-20;1-22-17-8-6-15(7-9-17)19(21)13-23-12-14-10-16-4-2-3-5-18(16)20-11-14/h8-17,25H,18-19H2,1-7H3;2-11,19,21H,12-13H2,1H3/t25-;19-/m11/s1. The fourth-order valence-electron chi connectivity index (χ4n) is 5.90. The molecule has 0 aliphatic rings. The number of carbonyl (C=O) groups excluding carboxylic acids is 2. The molecule has 1 N–H and O–H groups in total. The average Bonchev–Trinajstić information content (AvgIpc) is 3.23. The van der Waals surface area contributed by atoms with Gasteiger partial charge >= 0.3 is 12.2 Å². The van der Waals surface area contributed by atoms with Gasteiger partial charge in [0.15, 0.2) is 0 Å². The number of pyridine rings is 2. The van der Waals surface area contributed by atoms with Crippen LogP contribution in [0.3, 0.4) is 0 Å². The monoisotopic (exact) mass is 865 g/mol. The second-order valence-corrected chi connectivity index (χ2v) is 18.1. The van der Waals surface area contributed by atoms with Crippen molar-refractivity contribution in [3.8, 4) is 11.5 Å². The van der Waals surface area contributed by atoms with Gasteiger partial charge in [-0.3, -0.25) is 14.8 Å². The predicted molar refractivity (Wildman–Crippen MR) is 245 cm³/mol. The number of carbonyl (C=O) groups is 2. The van der Waals surface area contributed by atoms with E-state index in [2.05, 4.69) is 28.2 Å².